The summed E-state index contributed by atoms with van der Waals surface area (Å²) in [7, 11) is 0. The highest BCUT2D eigenvalue weighted by Crippen LogP contribution is 2.33. The molecule has 0 bridgehead atoms. The molecule has 116 valence electrons. The second-order valence-corrected chi connectivity index (χ2v) is 5.63. The maximum Gasteiger partial charge on any atom is 0.404 e. The molecule has 3 N–H and O–H groups in total. The average Bonchev–Trinajstić information content (AvgIpc) is 2.46. The van der Waals surface area contributed by atoms with Gasteiger partial charge in [0.2, 0.25) is 0 Å². The minimum absolute atomic E-state index is 0.177. The van der Waals surface area contributed by atoms with Gasteiger partial charge in [-0.1, -0.05) is 24.6 Å². The lowest BCUT2D eigenvalue weighted by Crippen LogP contribution is -2.32. The fourth-order valence-corrected chi connectivity index (χ4v) is 3.08. The van der Waals surface area contributed by atoms with E-state index in [0.29, 0.717) is 18.4 Å². The van der Waals surface area contributed by atoms with Crippen LogP contribution in [0, 0.1) is 11.7 Å². The van der Waals surface area contributed by atoms with E-state index in [0.717, 1.165) is 25.7 Å². The van der Waals surface area contributed by atoms with E-state index in [1.54, 1.807) is 18.2 Å². The molecule has 1 amide bonds. The number of ether oxygens (including phenoxy) is 1. The van der Waals surface area contributed by atoms with Gasteiger partial charge in [-0.05, 0) is 44.1 Å². The number of amides is 1. The molecule has 0 heterocycles. The third-order valence-corrected chi connectivity index (χ3v) is 4.18. The summed E-state index contributed by atoms with van der Waals surface area (Å²) in [5.74, 6) is -0.203. The number of carbonyl (C=O) groups is 1. The van der Waals surface area contributed by atoms with E-state index in [9.17, 15) is 14.3 Å². The van der Waals surface area contributed by atoms with Crippen molar-refractivity contribution >= 4 is 6.09 Å². The lowest BCUT2D eigenvalue weighted by molar-refractivity contribution is 0.0326. The highest BCUT2D eigenvalue weighted by Gasteiger charge is 2.28. The molecule has 21 heavy (non-hydrogen) atoms. The van der Waals surface area contributed by atoms with Crippen molar-refractivity contribution in [3.05, 3.63) is 35.6 Å². The summed E-state index contributed by atoms with van der Waals surface area (Å²) in [6.45, 7) is 0. The van der Waals surface area contributed by atoms with Crippen molar-refractivity contribution < 1.29 is 19.0 Å². The van der Waals surface area contributed by atoms with E-state index in [1.807, 2.05) is 0 Å². The van der Waals surface area contributed by atoms with Crippen LogP contribution in [0.15, 0.2) is 24.3 Å². The second kappa shape index (κ2) is 7.41. The molecule has 1 fully saturated rings. The number of aliphatic hydroxyl groups is 1. The van der Waals surface area contributed by atoms with Crippen molar-refractivity contribution in [3.8, 4) is 0 Å². The van der Waals surface area contributed by atoms with Crippen LogP contribution in [0.1, 0.15) is 50.2 Å². The third kappa shape index (κ3) is 4.43. The molecule has 0 spiro atoms. The number of nitrogens with two attached hydrogens (primary N) is 1. The zero-order chi connectivity index (χ0) is 15.2. The maximum atomic E-state index is 13.6. The molecular weight excluding hydrogens is 273 g/mol. The molecule has 0 saturated heterocycles. The standard InChI is InChI=1S/C16H22FNO3/c17-13-7-3-2-6-12(13)14(19)10-9-11-5-1-4-8-15(11)21-16(18)20/h2-3,6-7,11,14-15,19H,1,4-5,8-10H2,(H2,18,20)/t11-,14-,15-/m0/s1. The lowest BCUT2D eigenvalue weighted by atomic mass is 9.82. The van der Waals surface area contributed by atoms with Crippen LogP contribution >= 0.6 is 0 Å². The molecule has 2 rings (SSSR count). The first kappa shape index (κ1) is 15.8. The van der Waals surface area contributed by atoms with Gasteiger partial charge in [-0.2, -0.15) is 0 Å². The largest absolute Gasteiger partial charge is 0.446 e. The highest BCUT2D eigenvalue weighted by molar-refractivity contribution is 5.64. The monoisotopic (exact) mass is 295 g/mol. The van der Waals surface area contributed by atoms with Gasteiger partial charge < -0.3 is 15.6 Å². The Bertz CT molecular complexity index is 480. The summed E-state index contributed by atoms with van der Waals surface area (Å²) in [4.78, 5) is 10.9. The molecule has 0 radical (unpaired) electrons. The molecule has 1 aliphatic carbocycles. The fourth-order valence-electron chi connectivity index (χ4n) is 3.08. The number of primary amides is 1. The van der Waals surface area contributed by atoms with Gasteiger partial charge in [0.15, 0.2) is 0 Å². The Morgan fingerprint density at radius 1 is 1.38 bits per heavy atom. The summed E-state index contributed by atoms with van der Waals surface area (Å²) >= 11 is 0. The molecule has 0 aliphatic heterocycles. The number of hydrogen-bond donors (Lipinski definition) is 2. The minimum Gasteiger partial charge on any atom is -0.446 e. The Hall–Kier alpha value is -1.62. The highest BCUT2D eigenvalue weighted by atomic mass is 19.1. The Balaban J connectivity index is 1.91. The molecule has 5 heteroatoms. The number of aliphatic hydroxyl groups excluding tert-OH is 1. The van der Waals surface area contributed by atoms with E-state index in [1.165, 1.54) is 6.07 Å². The molecule has 1 aliphatic rings. The summed E-state index contributed by atoms with van der Waals surface area (Å²) < 4.78 is 18.8. The molecule has 1 saturated carbocycles. The first-order chi connectivity index (χ1) is 10.1. The van der Waals surface area contributed by atoms with E-state index in [-0.39, 0.29) is 12.0 Å². The first-order valence-corrected chi connectivity index (χ1v) is 7.46. The topological polar surface area (TPSA) is 72.6 Å². The summed E-state index contributed by atoms with van der Waals surface area (Å²) in [6, 6.07) is 6.25. The third-order valence-electron chi connectivity index (χ3n) is 4.18. The van der Waals surface area contributed by atoms with Crippen molar-refractivity contribution in [1.82, 2.24) is 0 Å². The number of benzene rings is 1. The Labute approximate surface area is 124 Å². The van der Waals surface area contributed by atoms with E-state index < -0.39 is 18.0 Å². The quantitative estimate of drug-likeness (QED) is 0.875. The number of rotatable bonds is 5. The fraction of sp³-hybridized carbons (Fsp3) is 0.562. The normalized spacial score (nSPS) is 23.5. The van der Waals surface area contributed by atoms with E-state index in [4.69, 9.17) is 10.5 Å². The van der Waals surface area contributed by atoms with Crippen LogP contribution in [0.5, 0.6) is 0 Å². The predicted octanol–water partition coefficient (Wildman–Crippen LogP) is 3.29. The number of halogens is 1. The van der Waals surface area contributed by atoms with Crippen molar-refractivity contribution in [2.75, 3.05) is 0 Å². The van der Waals surface area contributed by atoms with Crippen molar-refractivity contribution in [2.24, 2.45) is 11.7 Å². The van der Waals surface area contributed by atoms with E-state index in [2.05, 4.69) is 0 Å². The Morgan fingerprint density at radius 2 is 2.10 bits per heavy atom. The van der Waals surface area contributed by atoms with Gasteiger partial charge in [-0.3, -0.25) is 0 Å². The zero-order valence-electron chi connectivity index (χ0n) is 12.0. The van der Waals surface area contributed by atoms with Crippen LogP contribution in [0.25, 0.3) is 0 Å². The molecule has 0 aromatic heterocycles. The van der Waals surface area contributed by atoms with Crippen LogP contribution in [0.4, 0.5) is 9.18 Å². The maximum absolute atomic E-state index is 13.6. The lowest BCUT2D eigenvalue weighted by Gasteiger charge is -2.31. The van der Waals surface area contributed by atoms with E-state index >= 15 is 0 Å². The van der Waals surface area contributed by atoms with Gasteiger partial charge in [0.05, 0.1) is 6.10 Å². The molecule has 1 aromatic rings. The van der Waals surface area contributed by atoms with Gasteiger partial charge in [0.25, 0.3) is 0 Å². The molecule has 4 nitrogen and oxygen atoms in total. The van der Waals surface area contributed by atoms with Crippen molar-refractivity contribution in [2.45, 2.75) is 50.7 Å². The molecule has 1 aromatic carbocycles. The smallest absolute Gasteiger partial charge is 0.404 e. The Morgan fingerprint density at radius 3 is 2.81 bits per heavy atom. The number of carbonyl (C=O) groups excluding carboxylic acids is 1. The van der Waals surface area contributed by atoms with Gasteiger partial charge >= 0.3 is 6.09 Å². The van der Waals surface area contributed by atoms with Gasteiger partial charge in [-0.15, -0.1) is 0 Å². The van der Waals surface area contributed by atoms with Crippen molar-refractivity contribution in [3.63, 3.8) is 0 Å². The molecule has 3 atom stereocenters. The predicted molar refractivity (Wildman–Crippen MR) is 77.0 cm³/mol. The summed E-state index contributed by atoms with van der Waals surface area (Å²) in [5.41, 5.74) is 5.41. The first-order valence-electron chi connectivity index (χ1n) is 7.46. The Kier molecular flexibility index (Phi) is 5.56. The van der Waals surface area contributed by atoms with Crippen molar-refractivity contribution in [1.29, 1.82) is 0 Å². The average molecular weight is 295 g/mol. The van der Waals surface area contributed by atoms with Gasteiger partial charge in [-0.25, -0.2) is 9.18 Å². The van der Waals surface area contributed by atoms with Crippen LogP contribution < -0.4 is 5.73 Å². The minimum atomic E-state index is -0.831. The van der Waals surface area contributed by atoms with Gasteiger partial charge in [0.1, 0.15) is 11.9 Å². The SMILES string of the molecule is NC(=O)O[C@H]1CCCC[C@H]1CC[C@H](O)c1ccccc1F. The zero-order valence-corrected chi connectivity index (χ0v) is 12.0. The summed E-state index contributed by atoms with van der Waals surface area (Å²) in [6.07, 6.45) is 3.24. The van der Waals surface area contributed by atoms with Gasteiger partial charge in [0, 0.05) is 5.56 Å². The summed E-state index contributed by atoms with van der Waals surface area (Å²) in [5, 5.41) is 10.1. The van der Waals surface area contributed by atoms with Crippen LogP contribution in [-0.4, -0.2) is 17.3 Å². The molecule has 0 unspecified atom stereocenters. The van der Waals surface area contributed by atoms with Crippen LogP contribution in [0.3, 0.4) is 0 Å². The van der Waals surface area contributed by atoms with Crippen LogP contribution in [-0.2, 0) is 4.74 Å². The number of hydrogen-bond acceptors (Lipinski definition) is 3. The second-order valence-electron chi connectivity index (χ2n) is 5.63. The molecular formula is C16H22FNO3. The van der Waals surface area contributed by atoms with Crippen LogP contribution in [0.2, 0.25) is 0 Å².